The Hall–Kier alpha value is -2.34. The lowest BCUT2D eigenvalue weighted by molar-refractivity contribution is -0.0520. The van der Waals surface area contributed by atoms with Crippen LogP contribution in [0.2, 0.25) is 0 Å². The average Bonchev–Trinajstić information content (AvgIpc) is 2.81. The van der Waals surface area contributed by atoms with Gasteiger partial charge in [-0.25, -0.2) is 0 Å². The Morgan fingerprint density at radius 1 is 1.06 bits per heavy atom. The van der Waals surface area contributed by atoms with Crippen LogP contribution in [0.4, 0.5) is 14.5 Å². The molecule has 2 N–H and O–H groups in total. The van der Waals surface area contributed by atoms with E-state index in [4.69, 9.17) is 14.2 Å². The maximum atomic E-state index is 12.9. The first-order chi connectivity index (χ1) is 15.6. The van der Waals surface area contributed by atoms with Crippen molar-refractivity contribution in [2.75, 3.05) is 44.9 Å². The lowest BCUT2D eigenvalue weighted by Gasteiger charge is -2.30. The lowest BCUT2D eigenvalue weighted by Crippen LogP contribution is -2.39. The molecule has 1 heterocycles. The highest BCUT2D eigenvalue weighted by molar-refractivity contribution is 14.0. The Balaban J connectivity index is 0.00000385. The number of hydrogen-bond donors (Lipinski definition) is 2. The van der Waals surface area contributed by atoms with E-state index in [1.807, 2.05) is 12.1 Å². The molecule has 0 unspecified atom stereocenters. The van der Waals surface area contributed by atoms with E-state index in [1.54, 1.807) is 32.2 Å². The number of hydrogen-bond acceptors (Lipinski definition) is 5. The molecule has 2 aromatic rings. The van der Waals surface area contributed by atoms with E-state index in [0.29, 0.717) is 24.7 Å². The fraction of sp³-hybridized carbons (Fsp3) is 0.435. The standard InChI is InChI=1S/C23H30F2N4O3.HI/c1-3-31-20-10-6-8-18(21(20)32-22(24)25)16-28-23(26-2)27-15-17-7-4-5-9-19(17)29-11-13-30-14-12-29;/h4-10,22H,3,11-16H2,1-2H3,(H2,26,27,28);1H. The minimum Gasteiger partial charge on any atom is -0.490 e. The van der Waals surface area contributed by atoms with E-state index in [2.05, 4.69) is 32.7 Å². The number of ether oxygens (including phenoxy) is 3. The molecule has 0 saturated carbocycles. The van der Waals surface area contributed by atoms with E-state index in [-0.39, 0.29) is 42.0 Å². The van der Waals surface area contributed by atoms with Gasteiger partial charge in [0.25, 0.3) is 0 Å². The SMILES string of the molecule is CCOc1cccc(CNC(=NC)NCc2ccccc2N2CCOCC2)c1OC(F)F.I. The zero-order valence-corrected chi connectivity index (χ0v) is 21.2. The van der Waals surface area contributed by atoms with Gasteiger partial charge in [-0.1, -0.05) is 30.3 Å². The summed E-state index contributed by atoms with van der Waals surface area (Å²) in [6.45, 7) is 3.15. The lowest BCUT2D eigenvalue weighted by atomic mass is 10.1. The fourth-order valence-electron chi connectivity index (χ4n) is 3.54. The van der Waals surface area contributed by atoms with Crippen LogP contribution in [-0.4, -0.2) is 52.5 Å². The van der Waals surface area contributed by atoms with E-state index >= 15 is 0 Å². The summed E-state index contributed by atoms with van der Waals surface area (Å²) in [5.74, 6) is 0.867. The van der Waals surface area contributed by atoms with Crippen LogP contribution in [0.3, 0.4) is 0 Å². The molecular weight excluding hydrogens is 545 g/mol. The van der Waals surface area contributed by atoms with E-state index in [9.17, 15) is 8.78 Å². The van der Waals surface area contributed by atoms with Crippen molar-refractivity contribution in [1.82, 2.24) is 10.6 Å². The molecule has 1 fully saturated rings. The first-order valence-electron chi connectivity index (χ1n) is 10.7. The Morgan fingerprint density at radius 3 is 2.39 bits per heavy atom. The molecule has 10 heteroatoms. The Morgan fingerprint density at radius 2 is 1.73 bits per heavy atom. The minimum atomic E-state index is -2.94. The van der Waals surface area contributed by atoms with Gasteiger partial charge in [-0.3, -0.25) is 4.99 Å². The highest BCUT2D eigenvalue weighted by atomic mass is 127. The summed E-state index contributed by atoms with van der Waals surface area (Å²) in [5, 5.41) is 6.46. The molecule has 33 heavy (non-hydrogen) atoms. The third kappa shape index (κ3) is 7.88. The highest BCUT2D eigenvalue weighted by Gasteiger charge is 2.17. The van der Waals surface area contributed by atoms with Gasteiger partial charge in [0.05, 0.1) is 19.8 Å². The smallest absolute Gasteiger partial charge is 0.387 e. The van der Waals surface area contributed by atoms with E-state index in [0.717, 1.165) is 37.6 Å². The van der Waals surface area contributed by atoms with Gasteiger partial charge in [0, 0.05) is 44.5 Å². The molecule has 182 valence electrons. The molecule has 0 bridgehead atoms. The number of benzene rings is 2. The van der Waals surface area contributed by atoms with Crippen LogP contribution in [0, 0.1) is 0 Å². The second-order valence-electron chi connectivity index (χ2n) is 7.06. The third-order valence-electron chi connectivity index (χ3n) is 5.03. The van der Waals surface area contributed by atoms with Crippen molar-refractivity contribution in [2.45, 2.75) is 26.6 Å². The zero-order valence-electron chi connectivity index (χ0n) is 18.9. The van der Waals surface area contributed by atoms with Crippen molar-refractivity contribution in [2.24, 2.45) is 4.99 Å². The summed E-state index contributed by atoms with van der Waals surface area (Å²) in [6.07, 6.45) is 0. The summed E-state index contributed by atoms with van der Waals surface area (Å²) >= 11 is 0. The van der Waals surface area contributed by atoms with Gasteiger partial charge in [0.1, 0.15) is 0 Å². The number of aliphatic imine (C=N–C) groups is 1. The highest BCUT2D eigenvalue weighted by Crippen LogP contribution is 2.32. The predicted octanol–water partition coefficient (Wildman–Crippen LogP) is 4.01. The fourth-order valence-corrected chi connectivity index (χ4v) is 3.54. The quantitative estimate of drug-likeness (QED) is 0.267. The predicted molar refractivity (Wildman–Crippen MR) is 136 cm³/mol. The summed E-state index contributed by atoms with van der Waals surface area (Å²) < 4.78 is 41.5. The number of guanidine groups is 1. The van der Waals surface area contributed by atoms with E-state index < -0.39 is 6.61 Å². The van der Waals surface area contributed by atoms with Crippen LogP contribution in [0.5, 0.6) is 11.5 Å². The Bertz CT molecular complexity index is 896. The number of para-hydroxylation sites is 2. The summed E-state index contributed by atoms with van der Waals surface area (Å²) in [5.41, 5.74) is 2.85. The van der Waals surface area contributed by atoms with Gasteiger partial charge in [-0.15, -0.1) is 24.0 Å². The molecule has 1 saturated heterocycles. The molecule has 1 aliphatic heterocycles. The minimum absolute atomic E-state index is 0. The van der Waals surface area contributed by atoms with Crippen molar-refractivity contribution < 1.29 is 23.0 Å². The largest absolute Gasteiger partial charge is 0.490 e. The van der Waals surface area contributed by atoms with Crippen LogP contribution in [0.25, 0.3) is 0 Å². The molecule has 7 nitrogen and oxygen atoms in total. The maximum absolute atomic E-state index is 12.9. The number of morpholine rings is 1. The second kappa shape index (κ2) is 14.0. The second-order valence-corrected chi connectivity index (χ2v) is 7.06. The molecule has 0 radical (unpaired) electrons. The normalized spacial score (nSPS) is 14.0. The summed E-state index contributed by atoms with van der Waals surface area (Å²) in [4.78, 5) is 6.56. The van der Waals surface area contributed by atoms with Crippen LogP contribution in [-0.2, 0) is 17.8 Å². The van der Waals surface area contributed by atoms with Gasteiger partial charge >= 0.3 is 6.61 Å². The number of nitrogens with zero attached hydrogens (tertiary/aromatic N) is 2. The van der Waals surface area contributed by atoms with Gasteiger partial charge in [-0.05, 0) is 24.6 Å². The molecule has 0 spiro atoms. The molecule has 1 aliphatic rings. The van der Waals surface area contributed by atoms with Gasteiger partial charge in [-0.2, -0.15) is 8.78 Å². The summed E-state index contributed by atoms with van der Waals surface area (Å²) in [7, 11) is 1.66. The van der Waals surface area contributed by atoms with Crippen LogP contribution >= 0.6 is 24.0 Å². The number of alkyl halides is 2. The molecular formula is C23H31F2IN4O3. The van der Waals surface area contributed by atoms with Crippen molar-refractivity contribution in [3.63, 3.8) is 0 Å². The van der Waals surface area contributed by atoms with Gasteiger partial charge < -0.3 is 29.7 Å². The first-order valence-corrected chi connectivity index (χ1v) is 10.7. The molecule has 2 aromatic carbocycles. The number of halogens is 3. The van der Waals surface area contributed by atoms with Crippen LogP contribution < -0.4 is 25.0 Å². The Kier molecular flexibility index (Phi) is 11.4. The molecule has 0 atom stereocenters. The summed E-state index contributed by atoms with van der Waals surface area (Å²) in [6, 6.07) is 13.3. The third-order valence-corrected chi connectivity index (χ3v) is 5.03. The van der Waals surface area contributed by atoms with Crippen LogP contribution in [0.1, 0.15) is 18.1 Å². The number of nitrogens with one attached hydrogen (secondary N) is 2. The molecule has 3 rings (SSSR count). The zero-order chi connectivity index (χ0) is 22.8. The Labute approximate surface area is 210 Å². The number of rotatable bonds is 9. The van der Waals surface area contributed by atoms with Crippen molar-refractivity contribution in [3.8, 4) is 11.5 Å². The topological polar surface area (TPSA) is 67.4 Å². The van der Waals surface area contributed by atoms with Crippen molar-refractivity contribution in [3.05, 3.63) is 53.6 Å². The molecule has 0 aliphatic carbocycles. The monoisotopic (exact) mass is 576 g/mol. The van der Waals surface area contributed by atoms with Crippen molar-refractivity contribution >= 4 is 35.6 Å². The van der Waals surface area contributed by atoms with E-state index in [1.165, 1.54) is 0 Å². The molecule has 0 aromatic heterocycles. The first kappa shape index (κ1) is 26.9. The maximum Gasteiger partial charge on any atom is 0.387 e. The number of anilines is 1. The van der Waals surface area contributed by atoms with Gasteiger partial charge in [0.2, 0.25) is 0 Å². The molecule has 0 amide bonds. The van der Waals surface area contributed by atoms with Crippen LogP contribution in [0.15, 0.2) is 47.5 Å². The van der Waals surface area contributed by atoms with Crippen molar-refractivity contribution in [1.29, 1.82) is 0 Å². The van der Waals surface area contributed by atoms with Gasteiger partial charge in [0.15, 0.2) is 17.5 Å². The average molecular weight is 576 g/mol.